The van der Waals surface area contributed by atoms with Crippen molar-refractivity contribution in [3.8, 4) is 5.75 Å². The van der Waals surface area contributed by atoms with Crippen LogP contribution in [-0.4, -0.2) is 24.0 Å². The number of esters is 1. The van der Waals surface area contributed by atoms with Crippen LogP contribution in [0.3, 0.4) is 0 Å². The van der Waals surface area contributed by atoms with Crippen LogP contribution >= 0.6 is 0 Å². The lowest BCUT2D eigenvalue weighted by Gasteiger charge is -2.00. The highest BCUT2D eigenvalue weighted by Gasteiger charge is 2.04. The van der Waals surface area contributed by atoms with Crippen molar-refractivity contribution in [1.82, 2.24) is 0 Å². The van der Waals surface area contributed by atoms with Gasteiger partial charge in [0.2, 0.25) is 0 Å². The number of benzene rings is 2. The molecule has 6 heteroatoms. The first-order valence-electron chi connectivity index (χ1n) is 8.81. The summed E-state index contributed by atoms with van der Waals surface area (Å²) in [4.78, 5) is 44.9. The molecule has 2 aromatic carbocycles. The number of hydrogen-bond donors (Lipinski definition) is 0. The molecule has 0 amide bonds. The third kappa shape index (κ3) is 8.17. The molecule has 0 radical (unpaired) electrons. The number of rotatable bonds is 10. The average molecular weight is 392 g/mol. The molecule has 0 spiro atoms. The van der Waals surface area contributed by atoms with E-state index in [0.717, 1.165) is 16.7 Å². The zero-order valence-corrected chi connectivity index (χ0v) is 15.9. The van der Waals surface area contributed by atoms with Gasteiger partial charge in [0.25, 0.3) is 6.47 Å². The number of allylic oxidation sites excluding steroid dienone is 2. The summed E-state index contributed by atoms with van der Waals surface area (Å²) < 4.78 is 9.59. The van der Waals surface area contributed by atoms with Crippen LogP contribution in [0.25, 0.3) is 12.2 Å². The molecule has 0 saturated heterocycles. The molecule has 6 nitrogen and oxygen atoms in total. The van der Waals surface area contributed by atoms with Crippen LogP contribution in [0, 0.1) is 0 Å². The number of ether oxygens (including phenoxy) is 2. The molecule has 0 aliphatic heterocycles. The SMILES string of the molecule is CC(=O)Oc1ccc(/C=C/C(=O)CC(=O)/C=C/c2ccc(COC=O)cc2)cc1. The maximum absolute atomic E-state index is 11.9. The summed E-state index contributed by atoms with van der Waals surface area (Å²) in [5.74, 6) is -0.605. The molecule has 0 atom stereocenters. The van der Waals surface area contributed by atoms with Gasteiger partial charge in [0.15, 0.2) is 11.6 Å². The van der Waals surface area contributed by atoms with Crippen molar-refractivity contribution in [3.05, 3.63) is 77.4 Å². The van der Waals surface area contributed by atoms with Crippen molar-refractivity contribution in [1.29, 1.82) is 0 Å². The van der Waals surface area contributed by atoms with Gasteiger partial charge in [-0.3, -0.25) is 19.2 Å². The highest BCUT2D eigenvalue weighted by molar-refractivity contribution is 6.10. The Morgan fingerprint density at radius 2 is 1.34 bits per heavy atom. The molecular formula is C23H20O6. The second-order valence-corrected chi connectivity index (χ2v) is 6.09. The first-order valence-corrected chi connectivity index (χ1v) is 8.81. The Kier molecular flexibility index (Phi) is 8.26. The van der Waals surface area contributed by atoms with E-state index >= 15 is 0 Å². The summed E-state index contributed by atoms with van der Waals surface area (Å²) in [6, 6.07) is 13.8. The quantitative estimate of drug-likeness (QED) is 0.202. The summed E-state index contributed by atoms with van der Waals surface area (Å²) >= 11 is 0. The fourth-order valence-electron chi connectivity index (χ4n) is 2.34. The van der Waals surface area contributed by atoms with Crippen molar-refractivity contribution >= 4 is 36.2 Å². The second kappa shape index (κ2) is 11.1. The van der Waals surface area contributed by atoms with E-state index in [4.69, 9.17) is 4.74 Å². The monoisotopic (exact) mass is 392 g/mol. The molecule has 0 aliphatic rings. The number of carbonyl (C=O) groups excluding carboxylic acids is 4. The second-order valence-electron chi connectivity index (χ2n) is 6.09. The number of hydrogen-bond acceptors (Lipinski definition) is 6. The van der Waals surface area contributed by atoms with Crippen molar-refractivity contribution in [2.45, 2.75) is 20.0 Å². The van der Waals surface area contributed by atoms with Gasteiger partial charge in [-0.15, -0.1) is 0 Å². The Morgan fingerprint density at radius 3 is 1.83 bits per heavy atom. The molecule has 0 aliphatic carbocycles. The summed E-state index contributed by atoms with van der Waals surface area (Å²) in [5.41, 5.74) is 2.38. The lowest BCUT2D eigenvalue weighted by atomic mass is 10.1. The third-order valence-corrected chi connectivity index (χ3v) is 3.71. The van der Waals surface area contributed by atoms with Crippen LogP contribution < -0.4 is 4.74 Å². The zero-order chi connectivity index (χ0) is 21.1. The fraction of sp³-hybridized carbons (Fsp3) is 0.130. The van der Waals surface area contributed by atoms with Gasteiger partial charge in [-0.25, -0.2) is 0 Å². The van der Waals surface area contributed by atoms with Gasteiger partial charge in [-0.2, -0.15) is 0 Å². The number of ketones is 2. The molecule has 0 fully saturated rings. The molecule has 0 N–H and O–H groups in total. The topological polar surface area (TPSA) is 86.7 Å². The molecule has 148 valence electrons. The summed E-state index contributed by atoms with van der Waals surface area (Å²) in [6.07, 6.45) is 5.68. The standard InChI is InChI=1S/C23H20O6/c1-17(25)29-23-12-8-19(9-13-23)7-11-22(27)14-21(26)10-6-18-2-4-20(5-3-18)15-28-16-24/h2-13,16H,14-15H2,1H3/b10-6+,11-7+. The minimum Gasteiger partial charge on any atom is -0.463 e. The maximum Gasteiger partial charge on any atom is 0.308 e. The number of carbonyl (C=O) groups is 4. The first-order chi connectivity index (χ1) is 14.0. The van der Waals surface area contributed by atoms with E-state index in [9.17, 15) is 19.2 Å². The van der Waals surface area contributed by atoms with E-state index in [1.165, 1.54) is 19.1 Å². The lowest BCUT2D eigenvalue weighted by molar-refractivity contribution is -0.132. The van der Waals surface area contributed by atoms with E-state index in [1.54, 1.807) is 60.7 Å². The summed E-state index contributed by atoms with van der Waals surface area (Å²) in [6.45, 7) is 1.90. The zero-order valence-electron chi connectivity index (χ0n) is 15.9. The molecule has 29 heavy (non-hydrogen) atoms. The van der Waals surface area contributed by atoms with E-state index < -0.39 is 5.97 Å². The van der Waals surface area contributed by atoms with Gasteiger partial charge in [0.05, 0.1) is 6.42 Å². The van der Waals surface area contributed by atoms with E-state index in [1.807, 2.05) is 0 Å². The third-order valence-electron chi connectivity index (χ3n) is 3.71. The molecule has 0 heterocycles. The largest absolute Gasteiger partial charge is 0.463 e. The van der Waals surface area contributed by atoms with Crippen LogP contribution in [-0.2, 0) is 30.5 Å². The minimum absolute atomic E-state index is 0.194. The molecule has 0 saturated carbocycles. The van der Waals surface area contributed by atoms with E-state index in [2.05, 4.69) is 4.74 Å². The van der Waals surface area contributed by atoms with Gasteiger partial charge in [-0.05, 0) is 41.0 Å². The maximum atomic E-state index is 11.9. The minimum atomic E-state index is -0.405. The fourth-order valence-corrected chi connectivity index (χ4v) is 2.34. The average Bonchev–Trinajstić information content (AvgIpc) is 2.70. The van der Waals surface area contributed by atoms with Gasteiger partial charge in [0.1, 0.15) is 12.4 Å². The highest BCUT2D eigenvalue weighted by Crippen LogP contribution is 2.13. The van der Waals surface area contributed by atoms with Gasteiger partial charge in [0, 0.05) is 6.92 Å². The molecule has 0 bridgehead atoms. The Bertz CT molecular complexity index is 921. The van der Waals surface area contributed by atoms with Crippen LogP contribution in [0.15, 0.2) is 60.7 Å². The normalized spacial score (nSPS) is 10.8. The molecule has 0 aromatic heterocycles. The molecule has 2 rings (SSSR count). The molecule has 2 aromatic rings. The van der Waals surface area contributed by atoms with E-state index in [-0.39, 0.29) is 24.6 Å². The lowest BCUT2D eigenvalue weighted by Crippen LogP contribution is -2.02. The van der Waals surface area contributed by atoms with Crippen LogP contribution in [0.4, 0.5) is 0 Å². The Morgan fingerprint density at radius 1 is 0.828 bits per heavy atom. The van der Waals surface area contributed by atoms with Crippen molar-refractivity contribution < 1.29 is 28.7 Å². The van der Waals surface area contributed by atoms with Gasteiger partial charge < -0.3 is 9.47 Å². The predicted octanol–water partition coefficient (Wildman–Crippen LogP) is 3.54. The Hall–Kier alpha value is -3.80. The Labute approximate surface area is 168 Å². The van der Waals surface area contributed by atoms with Gasteiger partial charge in [-0.1, -0.05) is 48.6 Å². The highest BCUT2D eigenvalue weighted by atomic mass is 16.5. The van der Waals surface area contributed by atoms with Crippen molar-refractivity contribution in [3.63, 3.8) is 0 Å². The van der Waals surface area contributed by atoms with Crippen molar-refractivity contribution in [2.75, 3.05) is 0 Å². The van der Waals surface area contributed by atoms with Crippen LogP contribution in [0.1, 0.15) is 30.0 Å². The van der Waals surface area contributed by atoms with E-state index in [0.29, 0.717) is 12.2 Å². The van der Waals surface area contributed by atoms with Crippen LogP contribution in [0.5, 0.6) is 5.75 Å². The smallest absolute Gasteiger partial charge is 0.308 e. The molecule has 0 unspecified atom stereocenters. The molecular weight excluding hydrogens is 372 g/mol. The summed E-state index contributed by atoms with van der Waals surface area (Å²) in [7, 11) is 0. The van der Waals surface area contributed by atoms with Crippen molar-refractivity contribution in [2.24, 2.45) is 0 Å². The first kappa shape index (κ1) is 21.5. The summed E-state index contributed by atoms with van der Waals surface area (Å²) in [5, 5.41) is 0. The van der Waals surface area contributed by atoms with Gasteiger partial charge >= 0.3 is 5.97 Å². The Balaban J connectivity index is 1.84. The van der Waals surface area contributed by atoms with Crippen LogP contribution in [0.2, 0.25) is 0 Å². The predicted molar refractivity (Wildman–Crippen MR) is 108 cm³/mol.